The maximum absolute atomic E-state index is 11.9. The summed E-state index contributed by atoms with van der Waals surface area (Å²) in [6, 6.07) is -0.608. The van der Waals surface area contributed by atoms with Crippen LogP contribution in [0.5, 0.6) is 0 Å². The Labute approximate surface area is 112 Å². The number of carbonyl (C=O) groups excluding carboxylic acids is 2. The minimum absolute atomic E-state index is 0.106. The van der Waals surface area contributed by atoms with Crippen LogP contribution < -0.4 is 5.73 Å². The predicted molar refractivity (Wildman–Crippen MR) is 68.4 cm³/mol. The van der Waals surface area contributed by atoms with Crippen LogP contribution in [0.4, 0.5) is 0 Å². The average Bonchev–Trinajstić information content (AvgIpc) is 2.59. The second kappa shape index (κ2) is 5.38. The van der Waals surface area contributed by atoms with Gasteiger partial charge in [-0.3, -0.25) is 4.79 Å². The van der Waals surface area contributed by atoms with E-state index >= 15 is 0 Å². The first-order valence-corrected chi connectivity index (χ1v) is 6.11. The first kappa shape index (κ1) is 15.1. The highest BCUT2D eigenvalue weighted by Crippen LogP contribution is 2.17. The summed E-state index contributed by atoms with van der Waals surface area (Å²) in [6.45, 7) is 8.77. The number of nitrogens with two attached hydrogens (primary N) is 1. The Morgan fingerprint density at radius 1 is 1.42 bits per heavy atom. The highest BCUT2D eigenvalue weighted by atomic mass is 16.6. The van der Waals surface area contributed by atoms with Gasteiger partial charge in [-0.1, -0.05) is 12.1 Å². The fourth-order valence-electron chi connectivity index (χ4n) is 1.65. The van der Waals surface area contributed by atoms with Crippen molar-refractivity contribution in [2.75, 3.05) is 0 Å². The number of nitrogens with zero attached hydrogens (tertiary/aromatic N) is 3. The average molecular weight is 268 g/mol. The zero-order valence-electron chi connectivity index (χ0n) is 11.9. The minimum atomic E-state index is -0.610. The summed E-state index contributed by atoms with van der Waals surface area (Å²) in [5.74, 6) is -1.07. The van der Waals surface area contributed by atoms with Crippen molar-refractivity contribution in [3.63, 3.8) is 0 Å². The summed E-state index contributed by atoms with van der Waals surface area (Å²) >= 11 is 0. The smallest absolute Gasteiger partial charge is 0.361 e. The molecule has 1 aromatic heterocycles. The van der Waals surface area contributed by atoms with Gasteiger partial charge in [0.15, 0.2) is 5.69 Å². The van der Waals surface area contributed by atoms with Gasteiger partial charge in [-0.15, -0.1) is 5.10 Å². The predicted octanol–water partition coefficient (Wildman–Crippen LogP) is 0.978. The normalized spacial score (nSPS) is 13.1. The maximum Gasteiger partial charge on any atom is 0.361 e. The van der Waals surface area contributed by atoms with Gasteiger partial charge in [-0.05, 0) is 34.1 Å². The molecular weight excluding hydrogens is 248 g/mol. The van der Waals surface area contributed by atoms with Crippen molar-refractivity contribution in [1.29, 1.82) is 0 Å². The van der Waals surface area contributed by atoms with Crippen LogP contribution >= 0.6 is 0 Å². The van der Waals surface area contributed by atoms with Crippen LogP contribution in [-0.4, -0.2) is 32.5 Å². The molecule has 1 unspecified atom stereocenters. The summed E-state index contributed by atoms with van der Waals surface area (Å²) in [6.07, 6.45) is 0.479. The second-order valence-corrected chi connectivity index (χ2v) is 5.30. The Morgan fingerprint density at radius 3 is 2.42 bits per heavy atom. The van der Waals surface area contributed by atoms with Crippen LogP contribution in [0, 0.1) is 6.92 Å². The molecule has 1 amide bonds. The molecule has 0 radical (unpaired) electrons. The van der Waals surface area contributed by atoms with Crippen LogP contribution in [-0.2, 0) is 9.53 Å². The third kappa shape index (κ3) is 3.52. The largest absolute Gasteiger partial charge is 0.455 e. The second-order valence-electron chi connectivity index (χ2n) is 5.30. The topological polar surface area (TPSA) is 100 Å². The summed E-state index contributed by atoms with van der Waals surface area (Å²) in [7, 11) is 0. The van der Waals surface area contributed by atoms with Crippen molar-refractivity contribution in [1.82, 2.24) is 15.0 Å². The van der Waals surface area contributed by atoms with Gasteiger partial charge in [0, 0.05) is 0 Å². The van der Waals surface area contributed by atoms with E-state index in [9.17, 15) is 9.59 Å². The van der Waals surface area contributed by atoms with E-state index in [0.29, 0.717) is 12.1 Å². The quantitative estimate of drug-likeness (QED) is 0.820. The zero-order valence-corrected chi connectivity index (χ0v) is 11.9. The number of rotatable bonds is 4. The molecule has 19 heavy (non-hydrogen) atoms. The van der Waals surface area contributed by atoms with Crippen molar-refractivity contribution in [3.05, 3.63) is 11.4 Å². The number of carbonyl (C=O) groups is 2. The molecule has 1 rings (SSSR count). The van der Waals surface area contributed by atoms with Crippen molar-refractivity contribution in [2.24, 2.45) is 5.73 Å². The third-order valence-electron chi connectivity index (χ3n) is 2.53. The van der Waals surface area contributed by atoms with Crippen LogP contribution in [0.2, 0.25) is 0 Å². The van der Waals surface area contributed by atoms with Crippen LogP contribution in [0.3, 0.4) is 0 Å². The number of primary amides is 1. The van der Waals surface area contributed by atoms with Gasteiger partial charge < -0.3 is 10.5 Å². The van der Waals surface area contributed by atoms with E-state index in [1.54, 1.807) is 27.7 Å². The van der Waals surface area contributed by atoms with Crippen molar-refractivity contribution < 1.29 is 14.3 Å². The lowest BCUT2D eigenvalue weighted by atomic mass is 10.2. The number of aromatic nitrogens is 3. The van der Waals surface area contributed by atoms with E-state index in [1.807, 2.05) is 6.92 Å². The zero-order chi connectivity index (χ0) is 14.8. The van der Waals surface area contributed by atoms with E-state index in [1.165, 1.54) is 4.68 Å². The molecule has 0 aliphatic heterocycles. The molecular formula is C12H20N4O3. The standard InChI is InChI=1S/C12H20N4O3/c1-6-8(10(13)17)16-7(2)9(14-15-16)11(18)19-12(3,4)5/h8H,6H2,1-5H3,(H2,13,17). The minimum Gasteiger partial charge on any atom is -0.455 e. The molecule has 0 saturated heterocycles. The Kier molecular flexibility index (Phi) is 4.28. The molecule has 0 bridgehead atoms. The lowest BCUT2D eigenvalue weighted by molar-refractivity contribution is -0.121. The van der Waals surface area contributed by atoms with E-state index < -0.39 is 23.5 Å². The lowest BCUT2D eigenvalue weighted by Gasteiger charge is -2.18. The fraction of sp³-hybridized carbons (Fsp3) is 0.667. The van der Waals surface area contributed by atoms with Gasteiger partial charge in [0.25, 0.3) is 0 Å². The number of hydrogen-bond acceptors (Lipinski definition) is 5. The first-order valence-electron chi connectivity index (χ1n) is 6.11. The highest BCUT2D eigenvalue weighted by molar-refractivity contribution is 5.88. The maximum atomic E-state index is 11.9. The molecule has 7 heteroatoms. The van der Waals surface area contributed by atoms with E-state index in [0.717, 1.165) is 0 Å². The number of hydrogen-bond donors (Lipinski definition) is 1. The Bertz CT molecular complexity index is 488. The highest BCUT2D eigenvalue weighted by Gasteiger charge is 2.26. The van der Waals surface area contributed by atoms with Gasteiger partial charge >= 0.3 is 5.97 Å². The SMILES string of the molecule is CCC(C(N)=O)n1nnc(C(=O)OC(C)(C)C)c1C. The molecule has 1 heterocycles. The molecule has 7 nitrogen and oxygen atoms in total. The van der Waals surface area contributed by atoms with E-state index in [4.69, 9.17) is 10.5 Å². The summed E-state index contributed by atoms with van der Waals surface area (Å²) in [4.78, 5) is 23.2. The Morgan fingerprint density at radius 2 is 2.00 bits per heavy atom. The molecule has 2 N–H and O–H groups in total. The fourth-order valence-corrected chi connectivity index (χ4v) is 1.65. The molecule has 1 aromatic rings. The van der Waals surface area contributed by atoms with Gasteiger partial charge in [0.2, 0.25) is 5.91 Å². The van der Waals surface area contributed by atoms with Crippen molar-refractivity contribution in [3.8, 4) is 0 Å². The van der Waals surface area contributed by atoms with Gasteiger partial charge in [0.05, 0.1) is 5.69 Å². The van der Waals surface area contributed by atoms with Gasteiger partial charge in [0.1, 0.15) is 11.6 Å². The van der Waals surface area contributed by atoms with Gasteiger partial charge in [-0.25, -0.2) is 9.48 Å². The van der Waals surface area contributed by atoms with Crippen LogP contribution in [0.25, 0.3) is 0 Å². The summed E-state index contributed by atoms with van der Waals surface area (Å²) in [5.41, 5.74) is 5.26. The first-order chi connectivity index (χ1) is 8.67. The third-order valence-corrected chi connectivity index (χ3v) is 2.53. The molecule has 106 valence electrons. The van der Waals surface area contributed by atoms with E-state index in [2.05, 4.69) is 10.3 Å². The van der Waals surface area contributed by atoms with Crippen molar-refractivity contribution in [2.45, 2.75) is 52.7 Å². The van der Waals surface area contributed by atoms with Crippen molar-refractivity contribution >= 4 is 11.9 Å². The summed E-state index contributed by atoms with van der Waals surface area (Å²) in [5, 5.41) is 7.61. The molecule has 0 fully saturated rings. The van der Waals surface area contributed by atoms with Crippen LogP contribution in [0.15, 0.2) is 0 Å². The lowest BCUT2D eigenvalue weighted by Crippen LogP contribution is -2.28. The summed E-state index contributed by atoms with van der Waals surface area (Å²) < 4.78 is 6.58. The van der Waals surface area contributed by atoms with Gasteiger partial charge in [-0.2, -0.15) is 0 Å². The molecule has 0 aliphatic rings. The molecule has 0 aromatic carbocycles. The molecule has 0 aliphatic carbocycles. The molecule has 0 spiro atoms. The monoisotopic (exact) mass is 268 g/mol. The van der Waals surface area contributed by atoms with E-state index in [-0.39, 0.29) is 5.69 Å². The Hall–Kier alpha value is -1.92. The van der Waals surface area contributed by atoms with Crippen LogP contribution in [0.1, 0.15) is 56.3 Å². The molecule has 1 atom stereocenters. The number of amides is 1. The Balaban J connectivity index is 3.05. The molecule has 0 saturated carbocycles. The number of ether oxygens (including phenoxy) is 1. The number of esters is 1.